The average Bonchev–Trinajstić information content (AvgIpc) is 2.68. The van der Waals surface area contributed by atoms with Crippen LogP contribution in [0.15, 0.2) is 17.5 Å². The van der Waals surface area contributed by atoms with E-state index in [9.17, 15) is 9.90 Å². The fraction of sp³-hybridized carbons (Fsp3) is 0.500. The maximum atomic E-state index is 10.6. The number of carboxylic acid groups (broad SMARTS) is 1. The van der Waals surface area contributed by atoms with E-state index in [1.807, 2.05) is 24.4 Å². The molecule has 15 heavy (non-hydrogen) atoms. The van der Waals surface area contributed by atoms with E-state index in [0.29, 0.717) is 6.54 Å². The minimum atomic E-state index is -0.906. The van der Waals surface area contributed by atoms with Gasteiger partial charge in [-0.25, -0.2) is 0 Å². The lowest BCUT2D eigenvalue weighted by molar-refractivity contribution is -0.138. The minimum Gasteiger partial charge on any atom is -0.481 e. The van der Waals surface area contributed by atoms with Gasteiger partial charge in [0.1, 0.15) is 6.10 Å². The van der Waals surface area contributed by atoms with Crippen molar-refractivity contribution in [2.75, 3.05) is 6.54 Å². The molecule has 0 aliphatic heterocycles. The SMILES string of the molecule is CCNC(CC(=O)O)C(O)c1cccs1. The second-order valence-corrected chi connectivity index (χ2v) is 4.20. The molecule has 2 unspecified atom stereocenters. The molecule has 1 aromatic rings. The molecular weight excluding hydrogens is 214 g/mol. The topological polar surface area (TPSA) is 69.6 Å². The van der Waals surface area contributed by atoms with Crippen LogP contribution < -0.4 is 5.32 Å². The zero-order valence-corrected chi connectivity index (χ0v) is 9.33. The highest BCUT2D eigenvalue weighted by Crippen LogP contribution is 2.23. The molecule has 0 radical (unpaired) electrons. The molecule has 0 bridgehead atoms. The van der Waals surface area contributed by atoms with Gasteiger partial charge in [0.15, 0.2) is 0 Å². The summed E-state index contributed by atoms with van der Waals surface area (Å²) in [5.41, 5.74) is 0. The van der Waals surface area contributed by atoms with Crippen molar-refractivity contribution in [1.82, 2.24) is 5.32 Å². The number of aliphatic hydroxyl groups excluding tert-OH is 1. The number of hydrogen-bond donors (Lipinski definition) is 3. The highest BCUT2D eigenvalue weighted by Gasteiger charge is 2.23. The number of aliphatic hydroxyl groups is 1. The van der Waals surface area contributed by atoms with Crippen LogP contribution in [0.25, 0.3) is 0 Å². The number of rotatable bonds is 6. The number of likely N-dealkylation sites (N-methyl/N-ethyl adjacent to an activating group) is 1. The fourth-order valence-electron chi connectivity index (χ4n) is 1.40. The van der Waals surface area contributed by atoms with Crippen LogP contribution in [0.1, 0.15) is 24.3 Å². The van der Waals surface area contributed by atoms with Crippen LogP contribution in [0.4, 0.5) is 0 Å². The normalized spacial score (nSPS) is 14.8. The van der Waals surface area contributed by atoms with E-state index in [1.165, 1.54) is 11.3 Å². The molecule has 5 heteroatoms. The van der Waals surface area contributed by atoms with E-state index < -0.39 is 18.1 Å². The Morgan fingerprint density at radius 1 is 1.67 bits per heavy atom. The van der Waals surface area contributed by atoms with E-state index >= 15 is 0 Å². The van der Waals surface area contributed by atoms with Gasteiger partial charge in [-0.05, 0) is 18.0 Å². The van der Waals surface area contributed by atoms with Gasteiger partial charge < -0.3 is 15.5 Å². The number of aliphatic carboxylic acids is 1. The summed E-state index contributed by atoms with van der Waals surface area (Å²) < 4.78 is 0. The summed E-state index contributed by atoms with van der Waals surface area (Å²) in [6.45, 7) is 2.52. The number of carboxylic acids is 1. The van der Waals surface area contributed by atoms with Crippen molar-refractivity contribution in [2.24, 2.45) is 0 Å². The lowest BCUT2D eigenvalue weighted by Gasteiger charge is -2.21. The van der Waals surface area contributed by atoms with Crippen molar-refractivity contribution in [3.05, 3.63) is 22.4 Å². The summed E-state index contributed by atoms with van der Waals surface area (Å²) in [7, 11) is 0. The molecule has 2 atom stereocenters. The predicted molar refractivity (Wildman–Crippen MR) is 59.0 cm³/mol. The summed E-state index contributed by atoms with van der Waals surface area (Å²) in [5.74, 6) is -0.906. The first kappa shape index (κ1) is 12.2. The van der Waals surface area contributed by atoms with E-state index in [-0.39, 0.29) is 6.42 Å². The highest BCUT2D eigenvalue weighted by molar-refractivity contribution is 7.10. The number of carbonyl (C=O) groups is 1. The van der Waals surface area contributed by atoms with Crippen molar-refractivity contribution in [3.8, 4) is 0 Å². The zero-order chi connectivity index (χ0) is 11.3. The molecule has 0 saturated carbocycles. The van der Waals surface area contributed by atoms with Gasteiger partial charge in [0, 0.05) is 10.9 Å². The second-order valence-electron chi connectivity index (χ2n) is 3.22. The van der Waals surface area contributed by atoms with Crippen LogP contribution in [-0.4, -0.2) is 28.8 Å². The molecule has 1 heterocycles. The third kappa shape index (κ3) is 3.62. The van der Waals surface area contributed by atoms with E-state index in [1.54, 1.807) is 0 Å². The van der Waals surface area contributed by atoms with Crippen molar-refractivity contribution in [2.45, 2.75) is 25.5 Å². The molecule has 0 fully saturated rings. The first-order chi connectivity index (χ1) is 7.15. The molecule has 4 nitrogen and oxygen atoms in total. The Kier molecular flexibility index (Phi) is 4.74. The Morgan fingerprint density at radius 3 is 2.87 bits per heavy atom. The Labute approximate surface area is 92.6 Å². The molecule has 0 aliphatic rings. The maximum absolute atomic E-state index is 10.6. The maximum Gasteiger partial charge on any atom is 0.305 e. The predicted octanol–water partition coefficient (Wildman–Crippen LogP) is 1.23. The smallest absolute Gasteiger partial charge is 0.305 e. The van der Waals surface area contributed by atoms with Crippen LogP contribution in [-0.2, 0) is 4.79 Å². The Balaban J connectivity index is 2.66. The van der Waals surface area contributed by atoms with Gasteiger partial charge in [-0.3, -0.25) is 4.79 Å². The van der Waals surface area contributed by atoms with E-state index in [4.69, 9.17) is 5.11 Å². The van der Waals surface area contributed by atoms with Gasteiger partial charge in [-0.1, -0.05) is 13.0 Å². The number of hydrogen-bond acceptors (Lipinski definition) is 4. The van der Waals surface area contributed by atoms with Gasteiger partial charge in [0.25, 0.3) is 0 Å². The first-order valence-electron chi connectivity index (χ1n) is 4.81. The summed E-state index contributed by atoms with van der Waals surface area (Å²) in [4.78, 5) is 11.4. The van der Waals surface area contributed by atoms with Gasteiger partial charge in [-0.15, -0.1) is 11.3 Å². The number of thiophene rings is 1. The summed E-state index contributed by atoms with van der Waals surface area (Å²) in [5, 5.41) is 23.5. The molecule has 0 saturated heterocycles. The summed E-state index contributed by atoms with van der Waals surface area (Å²) in [6, 6.07) is 3.22. The van der Waals surface area contributed by atoms with Crippen molar-refractivity contribution in [1.29, 1.82) is 0 Å². The summed E-state index contributed by atoms with van der Waals surface area (Å²) >= 11 is 1.43. The second kappa shape index (κ2) is 5.85. The zero-order valence-electron chi connectivity index (χ0n) is 8.51. The van der Waals surface area contributed by atoms with Gasteiger partial charge in [-0.2, -0.15) is 0 Å². The Morgan fingerprint density at radius 2 is 2.40 bits per heavy atom. The van der Waals surface area contributed by atoms with Gasteiger partial charge in [0.2, 0.25) is 0 Å². The molecule has 3 N–H and O–H groups in total. The average molecular weight is 229 g/mol. The Bertz CT molecular complexity index is 300. The molecule has 1 aromatic heterocycles. The molecule has 0 aliphatic carbocycles. The lowest BCUT2D eigenvalue weighted by atomic mass is 10.1. The minimum absolute atomic E-state index is 0.0765. The molecular formula is C10H15NO3S. The monoisotopic (exact) mass is 229 g/mol. The third-order valence-corrected chi connectivity index (χ3v) is 3.02. The molecule has 0 spiro atoms. The van der Waals surface area contributed by atoms with Crippen LogP contribution >= 0.6 is 11.3 Å². The van der Waals surface area contributed by atoms with Crippen LogP contribution in [0.5, 0.6) is 0 Å². The standard InChI is InChI=1S/C10H15NO3S/c1-2-11-7(6-9(12)13)10(14)8-4-3-5-15-8/h3-5,7,10-11,14H,2,6H2,1H3,(H,12,13). The largest absolute Gasteiger partial charge is 0.481 e. The first-order valence-corrected chi connectivity index (χ1v) is 5.69. The Hall–Kier alpha value is -0.910. The van der Waals surface area contributed by atoms with Crippen molar-refractivity contribution >= 4 is 17.3 Å². The fourth-order valence-corrected chi connectivity index (χ4v) is 2.18. The van der Waals surface area contributed by atoms with Crippen LogP contribution in [0.3, 0.4) is 0 Å². The number of nitrogens with one attached hydrogen (secondary N) is 1. The molecule has 84 valence electrons. The lowest BCUT2D eigenvalue weighted by Crippen LogP contribution is -2.36. The molecule has 1 rings (SSSR count). The van der Waals surface area contributed by atoms with Crippen LogP contribution in [0, 0.1) is 0 Å². The quantitative estimate of drug-likeness (QED) is 0.686. The molecule has 0 aromatic carbocycles. The van der Waals surface area contributed by atoms with E-state index in [2.05, 4.69) is 5.32 Å². The summed E-state index contributed by atoms with van der Waals surface area (Å²) in [6.07, 6.45) is -0.826. The van der Waals surface area contributed by atoms with Crippen LogP contribution in [0.2, 0.25) is 0 Å². The van der Waals surface area contributed by atoms with Crippen molar-refractivity contribution in [3.63, 3.8) is 0 Å². The molecule has 0 amide bonds. The highest BCUT2D eigenvalue weighted by atomic mass is 32.1. The van der Waals surface area contributed by atoms with Gasteiger partial charge in [0.05, 0.1) is 6.42 Å². The van der Waals surface area contributed by atoms with Crippen molar-refractivity contribution < 1.29 is 15.0 Å². The third-order valence-electron chi connectivity index (χ3n) is 2.08. The van der Waals surface area contributed by atoms with Gasteiger partial charge >= 0.3 is 5.97 Å². The van der Waals surface area contributed by atoms with E-state index in [0.717, 1.165) is 4.88 Å².